The van der Waals surface area contributed by atoms with E-state index in [0.717, 1.165) is 23.1 Å². The van der Waals surface area contributed by atoms with Gasteiger partial charge in [0, 0.05) is 11.5 Å². The first-order valence-electron chi connectivity index (χ1n) is 6.25. The van der Waals surface area contributed by atoms with Crippen LogP contribution in [-0.2, 0) is 6.42 Å². The molecule has 1 N–H and O–H groups in total. The van der Waals surface area contributed by atoms with Gasteiger partial charge in [-0.15, -0.1) is 0 Å². The monoisotopic (exact) mass is 229 g/mol. The lowest BCUT2D eigenvalue weighted by molar-refractivity contribution is 0.795. The fraction of sp³-hybridized carbons (Fsp3) is 0.400. The van der Waals surface area contributed by atoms with Gasteiger partial charge in [0.2, 0.25) is 5.56 Å². The molecule has 90 valence electrons. The molecule has 0 fully saturated rings. The van der Waals surface area contributed by atoms with E-state index >= 15 is 0 Å². The smallest absolute Gasteiger partial charge is 0.248 e. The van der Waals surface area contributed by atoms with Crippen LogP contribution in [0.5, 0.6) is 0 Å². The van der Waals surface area contributed by atoms with Crippen LogP contribution in [0.1, 0.15) is 36.5 Å². The maximum atomic E-state index is 11.5. The molecule has 2 rings (SSSR count). The number of nitrogens with one attached hydrogen (secondary N) is 1. The highest BCUT2D eigenvalue weighted by molar-refractivity contribution is 5.85. The summed E-state index contributed by atoms with van der Waals surface area (Å²) in [5, 5.41) is 1.18. The van der Waals surface area contributed by atoms with E-state index in [1.54, 1.807) is 6.07 Å². The van der Waals surface area contributed by atoms with Crippen LogP contribution in [-0.4, -0.2) is 4.98 Å². The van der Waals surface area contributed by atoms with E-state index in [1.807, 2.05) is 6.92 Å². The SMILES string of the molecule is CCCCc1cc(C)c2[nH]c(=O)cc(C)c2c1. The molecule has 0 bridgehead atoms. The maximum absolute atomic E-state index is 11.5. The van der Waals surface area contributed by atoms with Gasteiger partial charge in [-0.05, 0) is 49.4 Å². The first-order chi connectivity index (χ1) is 8.11. The molecule has 0 aliphatic carbocycles. The third-order valence-electron chi connectivity index (χ3n) is 3.23. The Balaban J connectivity index is 2.60. The number of hydrogen-bond acceptors (Lipinski definition) is 1. The molecule has 2 aromatic rings. The molecule has 2 heteroatoms. The van der Waals surface area contributed by atoms with Gasteiger partial charge in [-0.3, -0.25) is 4.79 Å². The lowest BCUT2D eigenvalue weighted by Crippen LogP contribution is -2.06. The van der Waals surface area contributed by atoms with Crippen molar-refractivity contribution in [3.8, 4) is 0 Å². The minimum atomic E-state index is -0.0144. The lowest BCUT2D eigenvalue weighted by atomic mass is 10.00. The Morgan fingerprint density at radius 2 is 1.88 bits per heavy atom. The molecule has 0 atom stereocenters. The fourth-order valence-electron chi connectivity index (χ4n) is 2.30. The maximum Gasteiger partial charge on any atom is 0.248 e. The molecule has 17 heavy (non-hydrogen) atoms. The van der Waals surface area contributed by atoms with Crippen molar-refractivity contribution in [2.45, 2.75) is 40.0 Å². The number of rotatable bonds is 3. The Labute approximate surface area is 102 Å². The molecule has 0 unspecified atom stereocenters. The second kappa shape index (κ2) is 4.74. The van der Waals surface area contributed by atoms with E-state index in [4.69, 9.17) is 0 Å². The highest BCUT2D eigenvalue weighted by Gasteiger charge is 2.04. The zero-order chi connectivity index (χ0) is 12.4. The van der Waals surface area contributed by atoms with Crippen molar-refractivity contribution in [2.24, 2.45) is 0 Å². The molecule has 0 aliphatic rings. The predicted octanol–water partition coefficient (Wildman–Crippen LogP) is 3.49. The molecule has 0 spiro atoms. The molecule has 0 aliphatic heterocycles. The Morgan fingerprint density at radius 3 is 2.59 bits per heavy atom. The van der Waals surface area contributed by atoms with E-state index in [1.165, 1.54) is 23.8 Å². The van der Waals surface area contributed by atoms with Crippen molar-refractivity contribution in [1.29, 1.82) is 0 Å². The van der Waals surface area contributed by atoms with Gasteiger partial charge in [0.05, 0.1) is 5.52 Å². The number of benzene rings is 1. The van der Waals surface area contributed by atoms with Crippen molar-refractivity contribution in [1.82, 2.24) is 4.98 Å². The minimum Gasteiger partial charge on any atom is -0.322 e. The Hall–Kier alpha value is -1.57. The third-order valence-corrected chi connectivity index (χ3v) is 3.23. The van der Waals surface area contributed by atoms with Gasteiger partial charge in [0.15, 0.2) is 0 Å². The van der Waals surface area contributed by atoms with Crippen LogP contribution in [0.3, 0.4) is 0 Å². The number of aryl methyl sites for hydroxylation is 3. The van der Waals surface area contributed by atoms with E-state index in [9.17, 15) is 4.79 Å². The Bertz CT molecular complexity index is 596. The molecule has 0 saturated heterocycles. The van der Waals surface area contributed by atoms with Crippen molar-refractivity contribution in [2.75, 3.05) is 0 Å². The normalized spacial score (nSPS) is 11.0. The number of aromatic amines is 1. The second-order valence-electron chi connectivity index (χ2n) is 4.76. The number of fused-ring (bicyclic) bond motifs is 1. The first kappa shape index (κ1) is 11.9. The number of H-pyrrole nitrogens is 1. The summed E-state index contributed by atoms with van der Waals surface area (Å²) in [6.45, 7) is 6.27. The van der Waals surface area contributed by atoms with Gasteiger partial charge in [-0.25, -0.2) is 0 Å². The average molecular weight is 229 g/mol. The van der Waals surface area contributed by atoms with Crippen LogP contribution in [0.2, 0.25) is 0 Å². The third kappa shape index (κ3) is 2.41. The summed E-state index contributed by atoms with van der Waals surface area (Å²) in [5.74, 6) is 0. The number of aromatic nitrogens is 1. The van der Waals surface area contributed by atoms with Crippen LogP contribution in [0.4, 0.5) is 0 Å². The van der Waals surface area contributed by atoms with E-state index in [-0.39, 0.29) is 5.56 Å². The number of hydrogen-bond donors (Lipinski definition) is 1. The topological polar surface area (TPSA) is 32.9 Å². The average Bonchev–Trinajstić information content (AvgIpc) is 2.28. The molecule has 1 heterocycles. The summed E-state index contributed by atoms with van der Waals surface area (Å²) < 4.78 is 0. The first-order valence-corrected chi connectivity index (χ1v) is 6.25. The Kier molecular flexibility index (Phi) is 3.32. The van der Waals surface area contributed by atoms with Crippen molar-refractivity contribution >= 4 is 10.9 Å². The van der Waals surface area contributed by atoms with Gasteiger partial charge < -0.3 is 4.98 Å². The van der Waals surface area contributed by atoms with E-state index in [0.29, 0.717) is 0 Å². The molecule has 1 aromatic heterocycles. The van der Waals surface area contributed by atoms with Crippen LogP contribution >= 0.6 is 0 Å². The highest BCUT2D eigenvalue weighted by atomic mass is 16.1. The van der Waals surface area contributed by atoms with Gasteiger partial charge in [0.25, 0.3) is 0 Å². The van der Waals surface area contributed by atoms with Crippen LogP contribution in [0.15, 0.2) is 23.0 Å². The predicted molar refractivity (Wildman–Crippen MR) is 72.7 cm³/mol. The quantitative estimate of drug-likeness (QED) is 0.858. The van der Waals surface area contributed by atoms with Crippen molar-refractivity contribution in [3.05, 3.63) is 45.2 Å². The Morgan fingerprint density at radius 1 is 1.12 bits per heavy atom. The molecule has 0 amide bonds. The van der Waals surface area contributed by atoms with Crippen LogP contribution in [0.25, 0.3) is 10.9 Å². The summed E-state index contributed by atoms with van der Waals surface area (Å²) in [6, 6.07) is 6.07. The standard InChI is InChI=1S/C15H19NO/c1-4-5-6-12-7-11(3)15-13(9-12)10(2)8-14(17)16-15/h7-9H,4-6H2,1-3H3,(H,16,17). The summed E-state index contributed by atoms with van der Waals surface area (Å²) in [7, 11) is 0. The summed E-state index contributed by atoms with van der Waals surface area (Å²) in [4.78, 5) is 14.4. The molecule has 2 nitrogen and oxygen atoms in total. The fourth-order valence-corrected chi connectivity index (χ4v) is 2.30. The molecular formula is C15H19NO. The molecule has 1 aromatic carbocycles. The second-order valence-corrected chi connectivity index (χ2v) is 4.76. The van der Waals surface area contributed by atoms with E-state index < -0.39 is 0 Å². The van der Waals surface area contributed by atoms with Gasteiger partial charge in [0.1, 0.15) is 0 Å². The van der Waals surface area contributed by atoms with Gasteiger partial charge >= 0.3 is 0 Å². The number of unbranched alkanes of at least 4 members (excludes halogenated alkanes) is 1. The minimum absolute atomic E-state index is 0.0144. The highest BCUT2D eigenvalue weighted by Crippen LogP contribution is 2.21. The zero-order valence-corrected chi connectivity index (χ0v) is 10.8. The molecular weight excluding hydrogens is 210 g/mol. The zero-order valence-electron chi connectivity index (χ0n) is 10.8. The molecule has 0 radical (unpaired) electrons. The van der Waals surface area contributed by atoms with E-state index in [2.05, 4.69) is 31.0 Å². The van der Waals surface area contributed by atoms with Crippen molar-refractivity contribution in [3.63, 3.8) is 0 Å². The van der Waals surface area contributed by atoms with Gasteiger partial charge in [-0.1, -0.05) is 19.4 Å². The summed E-state index contributed by atoms with van der Waals surface area (Å²) in [6.07, 6.45) is 3.54. The number of pyridine rings is 1. The largest absolute Gasteiger partial charge is 0.322 e. The summed E-state index contributed by atoms with van der Waals surface area (Å²) in [5.41, 5.74) is 4.56. The van der Waals surface area contributed by atoms with Crippen molar-refractivity contribution < 1.29 is 0 Å². The molecule has 0 saturated carbocycles. The van der Waals surface area contributed by atoms with Crippen LogP contribution < -0.4 is 5.56 Å². The van der Waals surface area contributed by atoms with Gasteiger partial charge in [-0.2, -0.15) is 0 Å². The summed E-state index contributed by atoms with van der Waals surface area (Å²) >= 11 is 0. The van der Waals surface area contributed by atoms with Crippen LogP contribution in [0, 0.1) is 13.8 Å². The lowest BCUT2D eigenvalue weighted by Gasteiger charge is -2.08.